The van der Waals surface area contributed by atoms with Crippen LogP contribution in [-0.2, 0) is 4.79 Å². The molecule has 3 atom stereocenters. The summed E-state index contributed by atoms with van der Waals surface area (Å²) in [7, 11) is 0. The Morgan fingerprint density at radius 2 is 2.00 bits per heavy atom. The van der Waals surface area contributed by atoms with E-state index in [1.165, 1.54) is 0 Å². The standard InChI is InChI=1S/C16H21F3N4O2.2ClH/c1-3-4-10(23-15(24)16(17,18)19)13(20)9-5-6-12-11(7-9)22-14(21)8(2)25-12;;/h5-8,10,13H,3-4,20H2,1-2H3,(H2,21,22)(H,23,24);2*1H. The molecule has 1 heterocycles. The van der Waals surface area contributed by atoms with Gasteiger partial charge in [0.1, 0.15) is 17.3 Å². The molecule has 0 fully saturated rings. The van der Waals surface area contributed by atoms with Gasteiger partial charge >= 0.3 is 12.1 Å². The minimum atomic E-state index is -4.95. The van der Waals surface area contributed by atoms with Crippen LogP contribution in [-0.4, -0.2) is 30.1 Å². The predicted octanol–water partition coefficient (Wildman–Crippen LogP) is 3.15. The van der Waals surface area contributed by atoms with Gasteiger partial charge in [-0.15, -0.1) is 24.8 Å². The quantitative estimate of drug-likeness (QED) is 0.667. The number of alkyl halides is 3. The van der Waals surface area contributed by atoms with Gasteiger partial charge in [-0.3, -0.25) is 4.79 Å². The van der Waals surface area contributed by atoms with Crippen LogP contribution in [0, 0.1) is 0 Å². The minimum Gasteiger partial charge on any atom is -0.481 e. The summed E-state index contributed by atoms with van der Waals surface area (Å²) < 4.78 is 43.1. The third-order valence-electron chi connectivity index (χ3n) is 3.94. The number of carbonyl (C=O) groups is 1. The molecule has 1 amide bonds. The number of hydrogen-bond acceptors (Lipinski definition) is 5. The van der Waals surface area contributed by atoms with Gasteiger partial charge < -0.3 is 21.5 Å². The van der Waals surface area contributed by atoms with E-state index < -0.39 is 24.2 Å². The summed E-state index contributed by atoms with van der Waals surface area (Å²) in [6, 6.07) is 3.22. The molecule has 11 heteroatoms. The van der Waals surface area contributed by atoms with Crippen LogP contribution in [0.4, 0.5) is 18.9 Å². The summed E-state index contributed by atoms with van der Waals surface area (Å²) in [4.78, 5) is 15.5. The highest BCUT2D eigenvalue weighted by molar-refractivity contribution is 5.89. The van der Waals surface area contributed by atoms with Crippen molar-refractivity contribution in [2.45, 2.75) is 51.1 Å². The number of amides is 1. The highest BCUT2D eigenvalue weighted by atomic mass is 35.5. The summed E-state index contributed by atoms with van der Waals surface area (Å²) in [5.74, 6) is -1.18. The third kappa shape index (κ3) is 6.15. The average Bonchev–Trinajstić information content (AvgIpc) is 2.53. The number of nitrogens with one attached hydrogen (secondary N) is 1. The van der Waals surface area contributed by atoms with E-state index in [4.69, 9.17) is 16.2 Å². The molecule has 1 aromatic carbocycles. The molecule has 27 heavy (non-hydrogen) atoms. The van der Waals surface area contributed by atoms with Gasteiger partial charge in [0.15, 0.2) is 6.10 Å². The monoisotopic (exact) mass is 430 g/mol. The zero-order chi connectivity index (χ0) is 18.8. The van der Waals surface area contributed by atoms with Crippen molar-refractivity contribution in [1.82, 2.24) is 5.32 Å². The van der Waals surface area contributed by atoms with E-state index in [0.717, 1.165) is 0 Å². The number of amidine groups is 1. The second kappa shape index (κ2) is 10.0. The van der Waals surface area contributed by atoms with Gasteiger partial charge in [0.2, 0.25) is 0 Å². The van der Waals surface area contributed by atoms with Gasteiger partial charge in [0.05, 0.1) is 6.04 Å². The second-order valence-electron chi connectivity index (χ2n) is 5.92. The van der Waals surface area contributed by atoms with E-state index >= 15 is 0 Å². The number of nitrogens with zero attached hydrogens (tertiary/aromatic N) is 1. The molecule has 5 N–H and O–H groups in total. The van der Waals surface area contributed by atoms with Crippen molar-refractivity contribution in [1.29, 1.82) is 0 Å². The molecule has 2 rings (SSSR count). The van der Waals surface area contributed by atoms with Crippen molar-refractivity contribution in [3.63, 3.8) is 0 Å². The lowest BCUT2D eigenvalue weighted by molar-refractivity contribution is -0.174. The van der Waals surface area contributed by atoms with Gasteiger partial charge in [-0.05, 0) is 31.0 Å². The van der Waals surface area contributed by atoms with E-state index in [2.05, 4.69) is 4.99 Å². The van der Waals surface area contributed by atoms with Gasteiger partial charge in [-0.25, -0.2) is 4.99 Å². The summed E-state index contributed by atoms with van der Waals surface area (Å²) in [5, 5.41) is 1.97. The molecule has 1 aromatic rings. The van der Waals surface area contributed by atoms with E-state index in [0.29, 0.717) is 35.7 Å². The summed E-state index contributed by atoms with van der Waals surface area (Å²) in [6.45, 7) is 3.55. The Bertz CT molecular complexity index is 686. The van der Waals surface area contributed by atoms with Crippen LogP contribution in [0.25, 0.3) is 0 Å². The molecule has 1 aliphatic heterocycles. The smallest absolute Gasteiger partial charge is 0.471 e. The maximum absolute atomic E-state index is 12.5. The van der Waals surface area contributed by atoms with Crippen molar-refractivity contribution < 1.29 is 22.7 Å². The first-order valence-corrected chi connectivity index (χ1v) is 7.91. The maximum Gasteiger partial charge on any atom is 0.471 e. The molecule has 154 valence electrons. The van der Waals surface area contributed by atoms with Crippen LogP contribution < -0.4 is 21.5 Å². The van der Waals surface area contributed by atoms with Gasteiger partial charge in [-0.2, -0.15) is 13.2 Å². The molecule has 0 radical (unpaired) electrons. The Kier molecular flexibility index (Phi) is 9.37. The van der Waals surface area contributed by atoms with Gasteiger partial charge in [0.25, 0.3) is 0 Å². The highest BCUT2D eigenvalue weighted by Crippen LogP contribution is 2.35. The van der Waals surface area contributed by atoms with Gasteiger partial charge in [0, 0.05) is 6.04 Å². The number of hydrogen-bond donors (Lipinski definition) is 3. The second-order valence-corrected chi connectivity index (χ2v) is 5.92. The average molecular weight is 431 g/mol. The largest absolute Gasteiger partial charge is 0.481 e. The van der Waals surface area contributed by atoms with Crippen molar-refractivity contribution in [2.75, 3.05) is 0 Å². The number of fused-ring (bicyclic) bond motifs is 1. The number of rotatable bonds is 5. The SMILES string of the molecule is CCCC(NC(=O)C(F)(F)F)C(N)c1ccc2c(c1)N=C(N)C(C)O2.Cl.Cl. The molecule has 0 saturated heterocycles. The lowest BCUT2D eigenvalue weighted by atomic mass is 9.95. The fraction of sp³-hybridized carbons (Fsp3) is 0.500. The molecule has 0 spiro atoms. The fourth-order valence-electron chi connectivity index (χ4n) is 2.54. The normalized spacial score (nSPS) is 17.9. The summed E-state index contributed by atoms with van der Waals surface area (Å²) in [6.07, 6.45) is -4.44. The van der Waals surface area contributed by atoms with Crippen molar-refractivity contribution in [2.24, 2.45) is 16.5 Å². The van der Waals surface area contributed by atoms with Crippen LogP contribution >= 0.6 is 24.8 Å². The number of benzene rings is 1. The number of ether oxygens (including phenoxy) is 1. The molecule has 0 bridgehead atoms. The molecule has 0 aromatic heterocycles. The highest BCUT2D eigenvalue weighted by Gasteiger charge is 2.40. The Morgan fingerprint density at radius 3 is 2.56 bits per heavy atom. The number of nitrogens with two attached hydrogens (primary N) is 2. The van der Waals surface area contributed by atoms with Crippen LogP contribution in [0.1, 0.15) is 38.3 Å². The lowest BCUT2D eigenvalue weighted by Crippen LogP contribution is -2.47. The Labute approximate surface area is 167 Å². The van der Waals surface area contributed by atoms with Gasteiger partial charge in [-0.1, -0.05) is 19.4 Å². The Balaban J connectivity index is 0.00000338. The maximum atomic E-state index is 12.5. The topological polar surface area (TPSA) is 103 Å². The molecular weight excluding hydrogens is 408 g/mol. The molecule has 3 unspecified atom stereocenters. The summed E-state index contributed by atoms with van der Waals surface area (Å²) >= 11 is 0. The summed E-state index contributed by atoms with van der Waals surface area (Å²) in [5.41, 5.74) is 12.9. The minimum absolute atomic E-state index is 0. The number of carbonyl (C=O) groups excluding carboxylic acids is 1. The zero-order valence-corrected chi connectivity index (χ0v) is 16.4. The first-order valence-electron chi connectivity index (χ1n) is 7.91. The van der Waals surface area contributed by atoms with E-state index in [1.54, 1.807) is 32.0 Å². The van der Waals surface area contributed by atoms with Crippen molar-refractivity contribution in [3.8, 4) is 5.75 Å². The fourth-order valence-corrected chi connectivity index (χ4v) is 2.54. The number of aliphatic imine (C=N–C) groups is 1. The van der Waals surface area contributed by atoms with E-state index in [9.17, 15) is 18.0 Å². The molecule has 6 nitrogen and oxygen atoms in total. The molecule has 0 saturated carbocycles. The Morgan fingerprint density at radius 1 is 1.37 bits per heavy atom. The van der Waals surface area contributed by atoms with Crippen LogP contribution in [0.15, 0.2) is 23.2 Å². The zero-order valence-electron chi connectivity index (χ0n) is 14.7. The molecular formula is C16H23Cl2F3N4O2. The first-order chi connectivity index (χ1) is 11.6. The first kappa shape index (κ1) is 25.3. The predicted molar refractivity (Wildman–Crippen MR) is 102 cm³/mol. The lowest BCUT2D eigenvalue weighted by Gasteiger charge is -2.27. The number of halogens is 5. The van der Waals surface area contributed by atoms with Crippen LogP contribution in [0.2, 0.25) is 0 Å². The molecule has 1 aliphatic rings. The van der Waals surface area contributed by atoms with E-state index in [-0.39, 0.29) is 30.9 Å². The van der Waals surface area contributed by atoms with Crippen LogP contribution in [0.5, 0.6) is 5.75 Å². The van der Waals surface area contributed by atoms with E-state index in [1.807, 2.05) is 5.32 Å². The van der Waals surface area contributed by atoms with Crippen molar-refractivity contribution >= 4 is 42.2 Å². The van der Waals surface area contributed by atoms with Crippen molar-refractivity contribution in [3.05, 3.63) is 23.8 Å². The third-order valence-corrected chi connectivity index (χ3v) is 3.94. The molecule has 0 aliphatic carbocycles. The van der Waals surface area contributed by atoms with Crippen LogP contribution in [0.3, 0.4) is 0 Å². The Hall–Kier alpha value is -1.71.